The third kappa shape index (κ3) is 2.68. The average molecular weight is 332 g/mol. The summed E-state index contributed by atoms with van der Waals surface area (Å²) in [6.07, 6.45) is -1.51. The Balaban J connectivity index is 2.41. The van der Waals surface area contributed by atoms with Gasteiger partial charge in [0.25, 0.3) is 5.56 Å². The zero-order valence-corrected chi connectivity index (χ0v) is 13.1. The molecule has 3 aromatic rings. The fourth-order valence-corrected chi connectivity index (χ4v) is 2.72. The molecule has 6 heteroatoms. The van der Waals surface area contributed by atoms with Crippen molar-refractivity contribution < 1.29 is 13.2 Å². The summed E-state index contributed by atoms with van der Waals surface area (Å²) in [4.78, 5) is 17.0. The summed E-state index contributed by atoms with van der Waals surface area (Å²) >= 11 is 0. The van der Waals surface area contributed by atoms with Crippen LogP contribution in [0.5, 0.6) is 0 Å². The molecule has 0 saturated carbocycles. The van der Waals surface area contributed by atoms with Gasteiger partial charge in [0.05, 0.1) is 22.2 Å². The highest BCUT2D eigenvalue weighted by atomic mass is 19.4. The molecule has 0 aliphatic rings. The number of para-hydroxylation sites is 1. The molecule has 0 saturated heterocycles. The molecule has 0 aliphatic carbocycles. The summed E-state index contributed by atoms with van der Waals surface area (Å²) in [5.74, 6) is 0.00676. The normalized spacial score (nSPS) is 12.1. The molecule has 1 aromatic carbocycles. The minimum absolute atomic E-state index is 0.00676. The van der Waals surface area contributed by atoms with E-state index in [0.717, 1.165) is 16.2 Å². The topological polar surface area (TPSA) is 34.9 Å². The molecule has 0 amide bonds. The van der Waals surface area contributed by atoms with E-state index in [1.165, 1.54) is 24.4 Å². The van der Waals surface area contributed by atoms with Gasteiger partial charge in [0.2, 0.25) is 0 Å². The Morgan fingerprint density at radius 2 is 1.79 bits per heavy atom. The first-order valence-electron chi connectivity index (χ1n) is 7.47. The van der Waals surface area contributed by atoms with Crippen molar-refractivity contribution in [1.29, 1.82) is 0 Å². The van der Waals surface area contributed by atoms with Gasteiger partial charge in [-0.2, -0.15) is 13.2 Å². The summed E-state index contributed by atoms with van der Waals surface area (Å²) < 4.78 is 41.0. The summed E-state index contributed by atoms with van der Waals surface area (Å²) in [6, 6.07) is 8.26. The van der Waals surface area contributed by atoms with E-state index in [9.17, 15) is 18.0 Å². The quantitative estimate of drug-likeness (QED) is 0.691. The lowest BCUT2D eigenvalue weighted by atomic mass is 10.0. The van der Waals surface area contributed by atoms with Crippen molar-refractivity contribution >= 4 is 10.9 Å². The lowest BCUT2D eigenvalue weighted by Gasteiger charge is -2.17. The standard InChI is InChI=1S/C18H15F3N2O/c1-11(2)13-10-23(17(24)12-6-5-9-22-16(12)13)15-8-4-3-7-14(15)18(19,20)21/h3-11H,1-2H3. The number of fused-ring (bicyclic) bond motifs is 1. The van der Waals surface area contributed by atoms with Crippen LogP contribution in [0, 0.1) is 0 Å². The van der Waals surface area contributed by atoms with E-state index in [1.807, 2.05) is 13.8 Å². The zero-order chi connectivity index (χ0) is 17.5. The van der Waals surface area contributed by atoms with Gasteiger partial charge in [-0.3, -0.25) is 14.3 Å². The SMILES string of the molecule is CC(C)c1cn(-c2ccccc2C(F)(F)F)c(=O)c2cccnc12. The van der Waals surface area contributed by atoms with Crippen molar-refractivity contribution in [3.8, 4) is 5.69 Å². The van der Waals surface area contributed by atoms with E-state index in [4.69, 9.17) is 0 Å². The molecule has 124 valence electrons. The third-order valence-electron chi connectivity index (χ3n) is 3.89. The third-order valence-corrected chi connectivity index (χ3v) is 3.89. The van der Waals surface area contributed by atoms with Crippen molar-refractivity contribution in [2.24, 2.45) is 0 Å². The molecule has 2 aromatic heterocycles. The van der Waals surface area contributed by atoms with Gasteiger partial charge in [-0.05, 0) is 35.7 Å². The number of alkyl halides is 3. The highest BCUT2D eigenvalue weighted by Gasteiger charge is 2.34. The molecule has 0 atom stereocenters. The number of pyridine rings is 2. The Labute approximate surface area is 136 Å². The van der Waals surface area contributed by atoms with Crippen LogP contribution in [0.1, 0.15) is 30.9 Å². The molecule has 3 nitrogen and oxygen atoms in total. The average Bonchev–Trinajstić information content (AvgIpc) is 2.54. The number of halogens is 3. The van der Waals surface area contributed by atoms with Crippen molar-refractivity contribution in [3.63, 3.8) is 0 Å². The van der Waals surface area contributed by atoms with Crippen LogP contribution in [-0.2, 0) is 6.18 Å². The van der Waals surface area contributed by atoms with Gasteiger partial charge < -0.3 is 0 Å². The van der Waals surface area contributed by atoms with E-state index in [0.29, 0.717) is 10.9 Å². The highest BCUT2D eigenvalue weighted by molar-refractivity contribution is 5.81. The number of benzene rings is 1. The maximum atomic E-state index is 13.3. The van der Waals surface area contributed by atoms with Gasteiger partial charge in [0.1, 0.15) is 0 Å². The molecule has 2 heterocycles. The molecule has 24 heavy (non-hydrogen) atoms. The Hall–Kier alpha value is -2.63. The largest absolute Gasteiger partial charge is 0.418 e. The second-order valence-corrected chi connectivity index (χ2v) is 5.83. The Bertz CT molecular complexity index is 958. The van der Waals surface area contributed by atoms with Gasteiger partial charge in [0, 0.05) is 12.4 Å². The maximum Gasteiger partial charge on any atom is 0.418 e. The highest BCUT2D eigenvalue weighted by Crippen LogP contribution is 2.34. The number of rotatable bonds is 2. The molecule has 3 rings (SSSR count). The van der Waals surface area contributed by atoms with Gasteiger partial charge in [-0.15, -0.1) is 0 Å². The van der Waals surface area contributed by atoms with E-state index in [2.05, 4.69) is 4.98 Å². The van der Waals surface area contributed by atoms with Crippen LogP contribution in [0.25, 0.3) is 16.6 Å². The Kier molecular flexibility index (Phi) is 3.91. The summed E-state index contributed by atoms with van der Waals surface area (Å²) in [6.45, 7) is 3.82. The molecule has 0 bridgehead atoms. The Morgan fingerprint density at radius 1 is 1.08 bits per heavy atom. The molecule has 0 N–H and O–H groups in total. The molecule has 0 aliphatic heterocycles. The first-order chi connectivity index (χ1) is 11.3. The molecule has 0 radical (unpaired) electrons. The zero-order valence-electron chi connectivity index (χ0n) is 13.1. The number of aromatic nitrogens is 2. The van der Waals surface area contributed by atoms with Gasteiger partial charge in [-0.1, -0.05) is 26.0 Å². The molecule has 0 unspecified atom stereocenters. The van der Waals surface area contributed by atoms with Crippen LogP contribution in [0.3, 0.4) is 0 Å². The molecule has 0 spiro atoms. The second-order valence-electron chi connectivity index (χ2n) is 5.83. The summed E-state index contributed by atoms with van der Waals surface area (Å²) in [7, 11) is 0. The monoisotopic (exact) mass is 332 g/mol. The van der Waals surface area contributed by atoms with Gasteiger partial charge in [0.15, 0.2) is 0 Å². The Morgan fingerprint density at radius 3 is 2.46 bits per heavy atom. The van der Waals surface area contributed by atoms with Crippen LogP contribution in [0.2, 0.25) is 0 Å². The van der Waals surface area contributed by atoms with Crippen LogP contribution >= 0.6 is 0 Å². The van der Waals surface area contributed by atoms with Crippen molar-refractivity contribution in [1.82, 2.24) is 9.55 Å². The lowest BCUT2D eigenvalue weighted by Crippen LogP contribution is -2.23. The minimum atomic E-state index is -4.54. The maximum absolute atomic E-state index is 13.3. The minimum Gasteiger partial charge on any atom is -0.283 e. The molecule has 0 fully saturated rings. The lowest BCUT2D eigenvalue weighted by molar-refractivity contribution is -0.137. The fourth-order valence-electron chi connectivity index (χ4n) is 2.72. The predicted molar refractivity (Wildman–Crippen MR) is 86.4 cm³/mol. The molecular formula is C18H15F3N2O. The summed E-state index contributed by atoms with van der Waals surface area (Å²) in [5, 5.41) is 0.306. The van der Waals surface area contributed by atoms with E-state index in [1.54, 1.807) is 18.3 Å². The van der Waals surface area contributed by atoms with Crippen molar-refractivity contribution in [3.05, 3.63) is 70.3 Å². The predicted octanol–water partition coefficient (Wildman–Crippen LogP) is 4.53. The van der Waals surface area contributed by atoms with E-state index >= 15 is 0 Å². The van der Waals surface area contributed by atoms with E-state index in [-0.39, 0.29) is 11.6 Å². The van der Waals surface area contributed by atoms with Crippen molar-refractivity contribution in [2.75, 3.05) is 0 Å². The number of hydrogen-bond donors (Lipinski definition) is 0. The molecular weight excluding hydrogens is 317 g/mol. The summed E-state index contributed by atoms with van der Waals surface area (Å²) in [5.41, 5.74) is -0.285. The van der Waals surface area contributed by atoms with Crippen molar-refractivity contribution in [2.45, 2.75) is 25.9 Å². The number of nitrogens with zero attached hydrogens (tertiary/aromatic N) is 2. The van der Waals surface area contributed by atoms with Crippen LogP contribution in [-0.4, -0.2) is 9.55 Å². The van der Waals surface area contributed by atoms with Crippen LogP contribution < -0.4 is 5.56 Å². The van der Waals surface area contributed by atoms with Gasteiger partial charge >= 0.3 is 6.18 Å². The first-order valence-corrected chi connectivity index (χ1v) is 7.47. The second kappa shape index (κ2) is 5.78. The van der Waals surface area contributed by atoms with E-state index < -0.39 is 17.3 Å². The smallest absolute Gasteiger partial charge is 0.283 e. The first kappa shape index (κ1) is 16.2. The van der Waals surface area contributed by atoms with Crippen LogP contribution in [0.15, 0.2) is 53.6 Å². The van der Waals surface area contributed by atoms with Gasteiger partial charge in [-0.25, -0.2) is 0 Å². The number of hydrogen-bond acceptors (Lipinski definition) is 2. The fraction of sp³-hybridized carbons (Fsp3) is 0.222. The van der Waals surface area contributed by atoms with Crippen LogP contribution in [0.4, 0.5) is 13.2 Å².